The van der Waals surface area contributed by atoms with Gasteiger partial charge in [-0.25, -0.2) is 0 Å². The number of nitrogens with zero attached hydrogens (tertiary/aromatic N) is 1. The van der Waals surface area contributed by atoms with Crippen molar-refractivity contribution in [1.29, 1.82) is 0 Å². The van der Waals surface area contributed by atoms with Gasteiger partial charge in [0.1, 0.15) is 0 Å². The molecule has 16 heavy (non-hydrogen) atoms. The lowest BCUT2D eigenvalue weighted by atomic mass is 10.2. The third-order valence-electron chi connectivity index (χ3n) is 2.27. The molecule has 0 heterocycles. The third-order valence-corrected chi connectivity index (χ3v) is 3.05. The van der Waals surface area contributed by atoms with Crippen LogP contribution in [0, 0.1) is 12.3 Å². The highest BCUT2D eigenvalue weighted by Gasteiger charge is 2.09. The van der Waals surface area contributed by atoms with Crippen molar-refractivity contribution in [1.82, 2.24) is 4.90 Å². The fourth-order valence-electron chi connectivity index (χ4n) is 1.34. The van der Waals surface area contributed by atoms with Gasteiger partial charge in [0.25, 0.3) is 0 Å². The van der Waals surface area contributed by atoms with E-state index in [9.17, 15) is 4.79 Å². The Hall–Kier alpha value is -1.27. The van der Waals surface area contributed by atoms with Crippen LogP contribution in [0.25, 0.3) is 0 Å². The van der Waals surface area contributed by atoms with E-state index in [-0.39, 0.29) is 5.91 Å². The van der Waals surface area contributed by atoms with E-state index in [2.05, 4.69) is 21.9 Å². The van der Waals surface area contributed by atoms with Crippen LogP contribution in [0.2, 0.25) is 0 Å². The standard InChI is InChI=1S/C13H14BrNO/c1-3-4-9-13(16)15(2)10-11-7-5-6-8-12(11)14/h1,5-8H,4,9-10H2,2H3. The monoisotopic (exact) mass is 279 g/mol. The van der Waals surface area contributed by atoms with E-state index in [1.54, 1.807) is 11.9 Å². The molecule has 0 aliphatic heterocycles. The molecular weight excluding hydrogens is 266 g/mol. The van der Waals surface area contributed by atoms with Crippen LogP contribution in [0.3, 0.4) is 0 Å². The molecule has 0 saturated carbocycles. The molecule has 2 nitrogen and oxygen atoms in total. The van der Waals surface area contributed by atoms with E-state index < -0.39 is 0 Å². The van der Waals surface area contributed by atoms with E-state index in [0.29, 0.717) is 19.4 Å². The van der Waals surface area contributed by atoms with Gasteiger partial charge in [-0.15, -0.1) is 12.3 Å². The Kier molecular flexibility index (Phi) is 5.07. The molecule has 84 valence electrons. The number of amides is 1. The fourth-order valence-corrected chi connectivity index (χ4v) is 1.75. The minimum Gasteiger partial charge on any atom is -0.341 e. The number of terminal acetylenes is 1. The predicted octanol–water partition coefficient (Wildman–Crippen LogP) is 2.82. The molecule has 1 aromatic rings. The first-order chi connectivity index (χ1) is 7.65. The van der Waals surface area contributed by atoms with Crippen LogP contribution >= 0.6 is 15.9 Å². The van der Waals surface area contributed by atoms with Crippen LogP contribution in [0.15, 0.2) is 28.7 Å². The van der Waals surface area contributed by atoms with Gasteiger partial charge in [-0.1, -0.05) is 34.1 Å². The largest absolute Gasteiger partial charge is 0.341 e. The van der Waals surface area contributed by atoms with Crippen LogP contribution in [0.5, 0.6) is 0 Å². The maximum atomic E-state index is 11.6. The Morgan fingerprint density at radius 1 is 1.50 bits per heavy atom. The number of benzene rings is 1. The summed E-state index contributed by atoms with van der Waals surface area (Å²) >= 11 is 3.46. The lowest BCUT2D eigenvalue weighted by molar-refractivity contribution is -0.130. The second-order valence-corrected chi connectivity index (χ2v) is 4.40. The van der Waals surface area contributed by atoms with Crippen LogP contribution in [0.4, 0.5) is 0 Å². The molecule has 0 fully saturated rings. The molecule has 0 saturated heterocycles. The van der Waals surface area contributed by atoms with Crippen molar-refractivity contribution in [3.63, 3.8) is 0 Å². The first-order valence-corrected chi connectivity index (χ1v) is 5.85. The highest BCUT2D eigenvalue weighted by Crippen LogP contribution is 2.17. The van der Waals surface area contributed by atoms with E-state index in [1.807, 2.05) is 24.3 Å². The summed E-state index contributed by atoms with van der Waals surface area (Å²) in [5.74, 6) is 2.55. The highest BCUT2D eigenvalue weighted by molar-refractivity contribution is 9.10. The van der Waals surface area contributed by atoms with Gasteiger partial charge in [0.2, 0.25) is 5.91 Å². The van der Waals surface area contributed by atoms with Crippen LogP contribution in [0.1, 0.15) is 18.4 Å². The van der Waals surface area contributed by atoms with E-state index in [1.165, 1.54) is 0 Å². The number of carbonyl (C=O) groups excluding carboxylic acids is 1. The molecule has 0 aliphatic rings. The smallest absolute Gasteiger partial charge is 0.223 e. The molecule has 0 bridgehead atoms. The average Bonchev–Trinajstić information content (AvgIpc) is 2.28. The SMILES string of the molecule is C#CCCC(=O)N(C)Cc1ccccc1Br. The lowest BCUT2D eigenvalue weighted by Crippen LogP contribution is -2.25. The molecule has 0 atom stereocenters. The van der Waals surface area contributed by atoms with Crippen molar-refractivity contribution in [3.05, 3.63) is 34.3 Å². The first kappa shape index (κ1) is 12.8. The maximum Gasteiger partial charge on any atom is 0.223 e. The van der Waals surface area contributed by atoms with Crippen LogP contribution in [-0.2, 0) is 11.3 Å². The number of rotatable bonds is 4. The van der Waals surface area contributed by atoms with Gasteiger partial charge in [-0.2, -0.15) is 0 Å². The fraction of sp³-hybridized carbons (Fsp3) is 0.308. The minimum absolute atomic E-state index is 0.0775. The van der Waals surface area contributed by atoms with E-state index >= 15 is 0 Å². The highest BCUT2D eigenvalue weighted by atomic mass is 79.9. The number of carbonyl (C=O) groups is 1. The summed E-state index contributed by atoms with van der Waals surface area (Å²) in [4.78, 5) is 13.3. The van der Waals surface area contributed by atoms with Crippen molar-refractivity contribution < 1.29 is 4.79 Å². The van der Waals surface area contributed by atoms with E-state index in [4.69, 9.17) is 6.42 Å². The molecule has 1 rings (SSSR count). The number of hydrogen-bond acceptors (Lipinski definition) is 1. The second kappa shape index (κ2) is 6.34. The zero-order valence-corrected chi connectivity index (χ0v) is 10.8. The van der Waals surface area contributed by atoms with Gasteiger partial charge in [0.15, 0.2) is 0 Å². The summed E-state index contributed by atoms with van der Waals surface area (Å²) in [6.07, 6.45) is 6.04. The number of hydrogen-bond donors (Lipinski definition) is 0. The molecule has 1 amide bonds. The molecular formula is C13H14BrNO. The van der Waals surface area contributed by atoms with Crippen LogP contribution < -0.4 is 0 Å². The Morgan fingerprint density at radius 2 is 2.19 bits per heavy atom. The summed E-state index contributed by atoms with van der Waals surface area (Å²) in [5, 5.41) is 0. The van der Waals surface area contributed by atoms with E-state index in [0.717, 1.165) is 10.0 Å². The number of halogens is 1. The molecule has 1 aromatic carbocycles. The first-order valence-electron chi connectivity index (χ1n) is 5.06. The van der Waals surface area contributed by atoms with Crippen molar-refractivity contribution in [3.8, 4) is 12.3 Å². The summed E-state index contributed by atoms with van der Waals surface area (Å²) < 4.78 is 1.02. The quantitative estimate of drug-likeness (QED) is 0.777. The van der Waals surface area contributed by atoms with Gasteiger partial charge >= 0.3 is 0 Å². The zero-order valence-electron chi connectivity index (χ0n) is 9.24. The second-order valence-electron chi connectivity index (χ2n) is 3.55. The molecule has 0 unspecified atom stereocenters. The molecule has 0 spiro atoms. The minimum atomic E-state index is 0.0775. The molecule has 0 N–H and O–H groups in total. The van der Waals surface area contributed by atoms with Gasteiger partial charge < -0.3 is 4.90 Å². The summed E-state index contributed by atoms with van der Waals surface area (Å²) in [5.41, 5.74) is 1.10. The molecule has 0 radical (unpaired) electrons. The lowest BCUT2D eigenvalue weighted by Gasteiger charge is -2.17. The predicted molar refractivity (Wildman–Crippen MR) is 68.7 cm³/mol. The topological polar surface area (TPSA) is 20.3 Å². The normalized spacial score (nSPS) is 9.56. The van der Waals surface area contributed by atoms with Crippen molar-refractivity contribution >= 4 is 21.8 Å². The van der Waals surface area contributed by atoms with Crippen molar-refractivity contribution in [2.75, 3.05) is 7.05 Å². The van der Waals surface area contributed by atoms with Gasteiger partial charge in [-0.05, 0) is 11.6 Å². The Bertz CT molecular complexity index is 409. The van der Waals surface area contributed by atoms with Crippen molar-refractivity contribution in [2.24, 2.45) is 0 Å². The molecule has 0 aliphatic carbocycles. The third kappa shape index (κ3) is 3.71. The Morgan fingerprint density at radius 3 is 2.81 bits per heavy atom. The zero-order chi connectivity index (χ0) is 12.0. The van der Waals surface area contributed by atoms with Gasteiger partial charge in [-0.3, -0.25) is 4.79 Å². The summed E-state index contributed by atoms with van der Waals surface area (Å²) in [7, 11) is 1.79. The summed E-state index contributed by atoms with van der Waals surface area (Å²) in [6, 6.07) is 7.87. The molecule has 3 heteroatoms. The van der Waals surface area contributed by atoms with Gasteiger partial charge in [0, 0.05) is 30.9 Å². The van der Waals surface area contributed by atoms with Crippen LogP contribution in [-0.4, -0.2) is 17.9 Å². The summed E-state index contributed by atoms with van der Waals surface area (Å²) in [6.45, 7) is 0.602. The Balaban J connectivity index is 2.58. The van der Waals surface area contributed by atoms with Gasteiger partial charge in [0.05, 0.1) is 0 Å². The van der Waals surface area contributed by atoms with Crippen molar-refractivity contribution in [2.45, 2.75) is 19.4 Å². The average molecular weight is 280 g/mol. The molecule has 0 aromatic heterocycles. The maximum absolute atomic E-state index is 11.6. The Labute approximate surface area is 105 Å².